The van der Waals surface area contributed by atoms with Crippen molar-refractivity contribution in [3.05, 3.63) is 65.7 Å². The smallest absolute Gasteiger partial charge is 0.322 e. The van der Waals surface area contributed by atoms with E-state index in [9.17, 15) is 4.79 Å². The zero-order valence-corrected chi connectivity index (χ0v) is 20.8. The van der Waals surface area contributed by atoms with Crippen LogP contribution in [0.2, 0.25) is 0 Å². The summed E-state index contributed by atoms with van der Waals surface area (Å²) < 4.78 is 11.1. The topological polar surface area (TPSA) is 80.5 Å². The Morgan fingerprint density at radius 1 is 1.18 bits per heavy atom. The molecule has 4 rings (SSSR count). The van der Waals surface area contributed by atoms with Gasteiger partial charge >= 0.3 is 6.03 Å². The van der Waals surface area contributed by atoms with Crippen LogP contribution in [0.4, 0.5) is 4.79 Å². The number of ether oxygens (including phenoxy) is 1. The molecule has 1 atom stereocenters. The molecule has 1 aromatic heterocycles. The molecular formula is C26H30N4O3S. The van der Waals surface area contributed by atoms with E-state index in [1.807, 2.05) is 49.6 Å². The minimum atomic E-state index is -0.385. The quantitative estimate of drug-likeness (QED) is 0.293. The number of allylic oxidation sites excluding steroid dienone is 1. The summed E-state index contributed by atoms with van der Waals surface area (Å²) in [6, 6.07) is 15.2. The van der Waals surface area contributed by atoms with Crippen LogP contribution < -0.4 is 10.1 Å². The molecule has 8 heteroatoms. The Morgan fingerprint density at radius 3 is 2.68 bits per heavy atom. The first-order valence-electron chi connectivity index (χ1n) is 11.5. The lowest BCUT2D eigenvalue weighted by Gasteiger charge is -2.35. The lowest BCUT2D eigenvalue weighted by Crippen LogP contribution is -2.46. The van der Waals surface area contributed by atoms with E-state index in [-0.39, 0.29) is 12.1 Å². The van der Waals surface area contributed by atoms with Crippen molar-refractivity contribution < 1.29 is 14.1 Å². The summed E-state index contributed by atoms with van der Waals surface area (Å²) in [5, 5.41) is 7.40. The number of methoxy groups -OCH3 is 1. The van der Waals surface area contributed by atoms with Gasteiger partial charge in [0.2, 0.25) is 5.82 Å². The van der Waals surface area contributed by atoms with Gasteiger partial charge in [-0.1, -0.05) is 49.2 Å². The van der Waals surface area contributed by atoms with E-state index in [0.29, 0.717) is 18.3 Å². The number of aromatic nitrogens is 2. The van der Waals surface area contributed by atoms with Crippen LogP contribution in [0.3, 0.4) is 0 Å². The highest BCUT2D eigenvalue weighted by Gasteiger charge is 2.35. The second-order valence-electron chi connectivity index (χ2n) is 8.17. The van der Waals surface area contributed by atoms with Gasteiger partial charge < -0.3 is 14.6 Å². The summed E-state index contributed by atoms with van der Waals surface area (Å²) in [6.45, 7) is 4.75. The molecule has 1 aliphatic rings. The number of rotatable bonds is 9. The molecule has 1 unspecified atom stereocenters. The Kier molecular flexibility index (Phi) is 7.57. The third-order valence-corrected chi connectivity index (χ3v) is 6.76. The summed E-state index contributed by atoms with van der Waals surface area (Å²) >= 11 is 1.68. The first-order chi connectivity index (χ1) is 16.5. The van der Waals surface area contributed by atoms with E-state index in [2.05, 4.69) is 29.5 Å². The Labute approximate surface area is 204 Å². The van der Waals surface area contributed by atoms with Gasteiger partial charge in [0, 0.05) is 22.7 Å². The molecule has 7 nitrogen and oxygen atoms in total. The number of urea groups is 1. The highest BCUT2D eigenvalue weighted by atomic mass is 32.2. The summed E-state index contributed by atoms with van der Waals surface area (Å²) in [6.07, 6.45) is 5.12. The van der Waals surface area contributed by atoms with E-state index in [0.717, 1.165) is 52.3 Å². The van der Waals surface area contributed by atoms with Crippen LogP contribution >= 0.6 is 11.8 Å². The van der Waals surface area contributed by atoms with Crippen molar-refractivity contribution in [1.82, 2.24) is 20.4 Å². The van der Waals surface area contributed by atoms with Gasteiger partial charge in [-0.2, -0.15) is 4.98 Å². The fourth-order valence-corrected chi connectivity index (χ4v) is 4.51. The van der Waals surface area contributed by atoms with Crippen LogP contribution in [0, 0.1) is 0 Å². The molecule has 0 fully saturated rings. The number of nitrogens with one attached hydrogen (secondary N) is 1. The number of carbonyl (C=O) groups excluding carboxylic acids is 1. The number of hydrogen-bond donors (Lipinski definition) is 1. The fraction of sp³-hybridized carbons (Fsp3) is 0.346. The lowest BCUT2D eigenvalue weighted by molar-refractivity contribution is 0.204. The normalized spacial score (nSPS) is 16.1. The number of hydrogen-bond acceptors (Lipinski definition) is 6. The van der Waals surface area contributed by atoms with Gasteiger partial charge in [0.05, 0.1) is 18.7 Å². The maximum atomic E-state index is 13.1. The molecule has 2 amide bonds. The van der Waals surface area contributed by atoms with E-state index in [1.165, 1.54) is 0 Å². The second kappa shape index (κ2) is 10.8. The van der Waals surface area contributed by atoms with E-state index < -0.39 is 0 Å². The van der Waals surface area contributed by atoms with Crippen LogP contribution in [-0.2, 0) is 0 Å². The third-order valence-electron chi connectivity index (χ3n) is 6.02. The number of benzene rings is 2. The number of nitrogens with zero attached hydrogens (tertiary/aromatic N) is 3. The van der Waals surface area contributed by atoms with Crippen molar-refractivity contribution in [1.29, 1.82) is 0 Å². The molecule has 2 heterocycles. The average Bonchev–Trinajstić information content (AvgIpc) is 3.35. The largest absolute Gasteiger partial charge is 0.497 e. The summed E-state index contributed by atoms with van der Waals surface area (Å²) in [5.74, 6) is 1.59. The van der Waals surface area contributed by atoms with Gasteiger partial charge in [0.1, 0.15) is 5.75 Å². The van der Waals surface area contributed by atoms with Crippen LogP contribution in [0.25, 0.3) is 17.0 Å². The van der Waals surface area contributed by atoms with E-state index in [4.69, 9.17) is 14.2 Å². The molecular weight excluding hydrogens is 448 g/mol. The molecule has 3 aromatic rings. The lowest BCUT2D eigenvalue weighted by atomic mass is 9.94. The second-order valence-corrected chi connectivity index (χ2v) is 9.05. The van der Waals surface area contributed by atoms with Gasteiger partial charge in [-0.05, 0) is 49.4 Å². The first-order valence-corrected chi connectivity index (χ1v) is 12.7. The number of unbranched alkanes of at least 4 members (excludes halogenated alkanes) is 2. The summed E-state index contributed by atoms with van der Waals surface area (Å²) in [4.78, 5) is 20.7. The SMILES string of the molecule is CCCCCN1C(=O)NC(c2ccc(SC)cc2)C(c2nc(-c3cccc(OC)c3)no2)=C1C. The average molecular weight is 479 g/mol. The molecule has 0 aliphatic carbocycles. The summed E-state index contributed by atoms with van der Waals surface area (Å²) in [5.41, 5.74) is 3.41. The number of carbonyl (C=O) groups is 1. The van der Waals surface area contributed by atoms with Crippen LogP contribution in [0.1, 0.15) is 50.6 Å². The molecule has 0 radical (unpaired) electrons. The molecule has 0 saturated carbocycles. The number of amides is 2. The van der Waals surface area contributed by atoms with Gasteiger partial charge in [-0.3, -0.25) is 4.90 Å². The van der Waals surface area contributed by atoms with Crippen LogP contribution in [0.5, 0.6) is 5.75 Å². The monoisotopic (exact) mass is 478 g/mol. The van der Waals surface area contributed by atoms with Gasteiger partial charge in [0.15, 0.2) is 0 Å². The Hall–Kier alpha value is -3.26. The van der Waals surface area contributed by atoms with Gasteiger partial charge in [0.25, 0.3) is 5.89 Å². The van der Waals surface area contributed by atoms with Gasteiger partial charge in [-0.15, -0.1) is 11.8 Å². The van der Waals surface area contributed by atoms with Crippen molar-refractivity contribution >= 4 is 23.4 Å². The molecule has 0 spiro atoms. The zero-order chi connectivity index (χ0) is 24.1. The Morgan fingerprint density at radius 2 is 1.97 bits per heavy atom. The highest BCUT2D eigenvalue weighted by Crippen LogP contribution is 2.38. The highest BCUT2D eigenvalue weighted by molar-refractivity contribution is 7.98. The van der Waals surface area contributed by atoms with E-state index >= 15 is 0 Å². The predicted octanol–water partition coefficient (Wildman–Crippen LogP) is 6.15. The fourth-order valence-electron chi connectivity index (χ4n) is 4.11. The molecule has 0 saturated heterocycles. The van der Waals surface area contributed by atoms with Crippen molar-refractivity contribution in [2.24, 2.45) is 0 Å². The Bertz CT molecular complexity index is 1170. The first kappa shape index (κ1) is 23.9. The predicted molar refractivity (Wildman–Crippen MR) is 135 cm³/mol. The van der Waals surface area contributed by atoms with Crippen molar-refractivity contribution in [3.63, 3.8) is 0 Å². The van der Waals surface area contributed by atoms with Gasteiger partial charge in [-0.25, -0.2) is 4.79 Å². The minimum Gasteiger partial charge on any atom is -0.497 e. The van der Waals surface area contributed by atoms with Crippen molar-refractivity contribution in [2.75, 3.05) is 19.9 Å². The molecule has 1 N–H and O–H groups in total. The standard InChI is InChI=1S/C26H30N4O3S/c1-5-6-7-15-30-17(2)22(23(27-26(30)31)18-11-13-21(34-4)14-12-18)25-28-24(29-33-25)19-9-8-10-20(16-19)32-3/h8-14,16,23H,5-7,15H2,1-4H3,(H,27,31). The minimum absolute atomic E-state index is 0.108. The zero-order valence-electron chi connectivity index (χ0n) is 20.0. The summed E-state index contributed by atoms with van der Waals surface area (Å²) in [7, 11) is 1.62. The number of thioether (sulfide) groups is 1. The van der Waals surface area contributed by atoms with Crippen LogP contribution in [-0.4, -0.2) is 41.0 Å². The van der Waals surface area contributed by atoms with Crippen molar-refractivity contribution in [2.45, 2.75) is 44.0 Å². The maximum absolute atomic E-state index is 13.1. The molecule has 34 heavy (non-hydrogen) atoms. The van der Waals surface area contributed by atoms with E-state index in [1.54, 1.807) is 23.8 Å². The third kappa shape index (κ3) is 4.97. The molecule has 2 aromatic carbocycles. The van der Waals surface area contributed by atoms with Crippen molar-refractivity contribution in [3.8, 4) is 17.1 Å². The molecule has 0 bridgehead atoms. The van der Waals surface area contributed by atoms with Crippen LogP contribution in [0.15, 0.2) is 63.6 Å². The molecule has 1 aliphatic heterocycles. The maximum Gasteiger partial charge on any atom is 0.322 e. The molecule has 178 valence electrons. The Balaban J connectivity index is 1.76.